The fourth-order valence-electron chi connectivity index (χ4n) is 1.12. The largest absolute Gasteiger partial charge is 0.430 e. The summed E-state index contributed by atoms with van der Waals surface area (Å²) in [7, 11) is 2.69. The Labute approximate surface area is 124 Å². The summed E-state index contributed by atoms with van der Waals surface area (Å²) >= 11 is 10.2. The molecule has 1 N–H and O–H groups in total. The summed E-state index contributed by atoms with van der Waals surface area (Å²) in [6.45, 7) is 0. The Morgan fingerprint density at radius 2 is 2.10 bits per heavy atom. The van der Waals surface area contributed by atoms with Gasteiger partial charge >= 0.3 is 12.1 Å². The minimum atomic E-state index is -3.74. The van der Waals surface area contributed by atoms with E-state index in [0.29, 0.717) is 0 Å². The van der Waals surface area contributed by atoms with Crippen molar-refractivity contribution in [1.82, 2.24) is 5.06 Å². The van der Waals surface area contributed by atoms with Crippen molar-refractivity contribution in [3.05, 3.63) is 24.3 Å². The first-order valence-corrected chi connectivity index (χ1v) is 6.17. The highest BCUT2D eigenvalue weighted by Crippen LogP contribution is 2.31. The molecule has 0 aliphatic carbocycles. The van der Waals surface area contributed by atoms with Crippen LogP contribution < -0.4 is 10.1 Å². The average molecular weight is 329 g/mol. The van der Waals surface area contributed by atoms with Gasteiger partial charge in [-0.2, -0.15) is 8.78 Å². The first-order valence-electron chi connectivity index (χ1n) is 5.30. The number of ether oxygens (including phenoxy) is 1. The minimum absolute atomic E-state index is 0.195. The molecule has 9 heteroatoms. The number of nitrogens with one attached hydrogen (secondary N) is 1. The van der Waals surface area contributed by atoms with Crippen LogP contribution >= 0.6 is 23.2 Å². The van der Waals surface area contributed by atoms with E-state index < -0.39 is 17.0 Å². The van der Waals surface area contributed by atoms with Gasteiger partial charge in [0.1, 0.15) is 5.75 Å². The van der Waals surface area contributed by atoms with Crippen molar-refractivity contribution in [3.63, 3.8) is 0 Å². The number of benzene rings is 1. The molecule has 2 amide bonds. The number of alkyl halides is 4. The third-order valence-corrected chi connectivity index (χ3v) is 2.66. The lowest BCUT2D eigenvalue weighted by molar-refractivity contribution is -0.163. The van der Waals surface area contributed by atoms with Crippen molar-refractivity contribution >= 4 is 34.9 Å². The first kappa shape index (κ1) is 16.7. The number of nitrogens with zero attached hydrogens (tertiary/aromatic N) is 1. The summed E-state index contributed by atoms with van der Waals surface area (Å²) < 4.78 is 30.8. The highest BCUT2D eigenvalue weighted by atomic mass is 35.5. The van der Waals surface area contributed by atoms with E-state index in [-0.39, 0.29) is 11.4 Å². The lowest BCUT2D eigenvalue weighted by atomic mass is 10.3. The van der Waals surface area contributed by atoms with E-state index in [1.165, 1.54) is 38.4 Å². The normalized spacial score (nSPS) is 11.3. The SMILES string of the molecule is CON(C)C(=O)Nc1cccc(OC(F)(F)C(Cl)Cl)c1. The summed E-state index contributed by atoms with van der Waals surface area (Å²) in [6, 6.07) is 4.81. The molecule has 0 aliphatic heterocycles. The Morgan fingerprint density at radius 1 is 1.45 bits per heavy atom. The number of hydrogen-bond donors (Lipinski definition) is 1. The van der Waals surface area contributed by atoms with Gasteiger partial charge in [0.25, 0.3) is 0 Å². The number of carbonyl (C=O) groups is 1. The fourth-order valence-corrected chi connectivity index (χ4v) is 1.21. The number of anilines is 1. The van der Waals surface area contributed by atoms with Gasteiger partial charge in [-0.15, -0.1) is 0 Å². The van der Waals surface area contributed by atoms with Gasteiger partial charge in [-0.25, -0.2) is 9.86 Å². The summed E-state index contributed by atoms with van der Waals surface area (Å²) in [6.07, 6.45) is -3.74. The number of urea groups is 1. The predicted molar refractivity (Wildman–Crippen MR) is 71.3 cm³/mol. The molecule has 0 saturated heterocycles. The van der Waals surface area contributed by atoms with Crippen LogP contribution in [0.1, 0.15) is 0 Å². The Balaban J connectivity index is 2.79. The van der Waals surface area contributed by atoms with Crippen molar-refractivity contribution in [2.24, 2.45) is 0 Å². The summed E-state index contributed by atoms with van der Waals surface area (Å²) in [5.41, 5.74) is 0.243. The van der Waals surface area contributed by atoms with Gasteiger partial charge in [0.05, 0.1) is 7.11 Å². The van der Waals surface area contributed by atoms with Gasteiger partial charge in [-0.1, -0.05) is 29.3 Å². The maximum Gasteiger partial charge on any atom is 0.428 e. The van der Waals surface area contributed by atoms with Crippen molar-refractivity contribution < 1.29 is 23.1 Å². The van der Waals surface area contributed by atoms with Crippen LogP contribution in [0.25, 0.3) is 0 Å². The molecule has 1 aromatic carbocycles. The maximum atomic E-state index is 13.2. The van der Waals surface area contributed by atoms with E-state index in [1.807, 2.05) is 0 Å². The lowest BCUT2D eigenvalue weighted by Gasteiger charge is -2.19. The Hall–Kier alpha value is -1.31. The van der Waals surface area contributed by atoms with E-state index in [0.717, 1.165) is 5.06 Å². The molecule has 0 radical (unpaired) electrons. The smallest absolute Gasteiger partial charge is 0.428 e. The molecule has 0 aromatic heterocycles. The van der Waals surface area contributed by atoms with Crippen molar-refractivity contribution in [3.8, 4) is 5.75 Å². The van der Waals surface area contributed by atoms with E-state index in [9.17, 15) is 13.6 Å². The number of hydrogen-bond acceptors (Lipinski definition) is 3. The standard InChI is InChI=1S/C11H12Cl2F2N2O3/c1-17(19-2)10(18)16-7-4-3-5-8(6-7)20-11(14,15)9(12)13/h3-6,9H,1-2H3,(H,16,18). The number of hydroxylamine groups is 2. The zero-order chi connectivity index (χ0) is 15.3. The molecular weight excluding hydrogens is 317 g/mol. The van der Waals surface area contributed by atoms with E-state index >= 15 is 0 Å². The van der Waals surface area contributed by atoms with Crippen LogP contribution in [0.15, 0.2) is 24.3 Å². The second-order valence-corrected chi connectivity index (χ2v) is 4.70. The van der Waals surface area contributed by atoms with Crippen LogP contribution in [-0.4, -0.2) is 36.2 Å². The average Bonchev–Trinajstić information content (AvgIpc) is 2.37. The van der Waals surface area contributed by atoms with Crippen molar-refractivity contribution in [2.45, 2.75) is 10.9 Å². The molecule has 0 fully saturated rings. The molecule has 0 heterocycles. The molecular formula is C11H12Cl2F2N2O3. The van der Waals surface area contributed by atoms with Crippen LogP contribution in [0, 0.1) is 0 Å². The molecule has 1 aromatic rings. The second-order valence-electron chi connectivity index (χ2n) is 3.60. The summed E-state index contributed by atoms with van der Waals surface area (Å²) in [5, 5.41) is 3.35. The third-order valence-electron chi connectivity index (χ3n) is 2.15. The molecule has 5 nitrogen and oxygen atoms in total. The van der Waals surface area contributed by atoms with E-state index in [2.05, 4.69) is 14.9 Å². The molecule has 0 saturated carbocycles. The van der Waals surface area contributed by atoms with E-state index in [1.54, 1.807) is 0 Å². The van der Waals surface area contributed by atoms with Gasteiger partial charge in [0.15, 0.2) is 0 Å². The van der Waals surface area contributed by atoms with Gasteiger partial charge in [-0.3, -0.25) is 4.84 Å². The van der Waals surface area contributed by atoms with Crippen LogP contribution in [-0.2, 0) is 4.84 Å². The maximum absolute atomic E-state index is 13.2. The number of carbonyl (C=O) groups excluding carboxylic acids is 1. The van der Waals surface area contributed by atoms with Crippen LogP contribution in [0.2, 0.25) is 0 Å². The number of halogens is 4. The Bertz CT molecular complexity index is 475. The first-order chi connectivity index (χ1) is 9.26. The zero-order valence-corrected chi connectivity index (χ0v) is 12.1. The molecule has 1 rings (SSSR count). The summed E-state index contributed by atoms with van der Waals surface area (Å²) in [5.74, 6) is -0.195. The molecule has 20 heavy (non-hydrogen) atoms. The second kappa shape index (κ2) is 6.92. The molecule has 0 spiro atoms. The summed E-state index contributed by atoms with van der Waals surface area (Å²) in [4.78, 5) is 14.2. The van der Waals surface area contributed by atoms with Gasteiger partial charge in [0, 0.05) is 18.8 Å². The van der Waals surface area contributed by atoms with Crippen LogP contribution in [0.5, 0.6) is 5.75 Å². The molecule has 0 aliphatic rings. The number of amides is 2. The molecule has 0 unspecified atom stereocenters. The Morgan fingerprint density at radius 3 is 2.65 bits per heavy atom. The fraction of sp³-hybridized carbons (Fsp3) is 0.364. The quantitative estimate of drug-likeness (QED) is 0.665. The zero-order valence-electron chi connectivity index (χ0n) is 10.6. The highest BCUT2D eigenvalue weighted by molar-refractivity contribution is 6.44. The number of rotatable bonds is 5. The van der Waals surface area contributed by atoms with Gasteiger partial charge < -0.3 is 10.1 Å². The molecule has 0 bridgehead atoms. The minimum Gasteiger partial charge on any atom is -0.430 e. The van der Waals surface area contributed by atoms with Crippen LogP contribution in [0.3, 0.4) is 0 Å². The van der Waals surface area contributed by atoms with Gasteiger partial charge in [-0.05, 0) is 12.1 Å². The molecule has 112 valence electrons. The van der Waals surface area contributed by atoms with Crippen LogP contribution in [0.4, 0.5) is 19.3 Å². The predicted octanol–water partition coefficient (Wildman–Crippen LogP) is 3.49. The Kier molecular flexibility index (Phi) is 5.79. The monoisotopic (exact) mass is 328 g/mol. The van der Waals surface area contributed by atoms with Crippen molar-refractivity contribution in [2.75, 3.05) is 19.5 Å². The van der Waals surface area contributed by atoms with Crippen molar-refractivity contribution in [1.29, 1.82) is 0 Å². The lowest BCUT2D eigenvalue weighted by Crippen LogP contribution is -2.32. The third kappa shape index (κ3) is 4.66. The van der Waals surface area contributed by atoms with E-state index in [4.69, 9.17) is 23.2 Å². The highest BCUT2D eigenvalue weighted by Gasteiger charge is 2.40. The molecule has 0 atom stereocenters. The topological polar surface area (TPSA) is 50.8 Å². The van der Waals surface area contributed by atoms with Gasteiger partial charge in [0.2, 0.25) is 4.84 Å².